The van der Waals surface area contributed by atoms with E-state index in [-0.39, 0.29) is 0 Å². The van der Waals surface area contributed by atoms with Crippen molar-refractivity contribution in [2.75, 3.05) is 13.7 Å². The summed E-state index contributed by atoms with van der Waals surface area (Å²) in [6, 6.07) is 0. The van der Waals surface area contributed by atoms with Crippen molar-refractivity contribution in [1.29, 1.82) is 0 Å². The first-order valence-corrected chi connectivity index (χ1v) is 3.08. The number of rotatable bonds is 3. The van der Waals surface area contributed by atoms with E-state index in [4.69, 9.17) is 4.74 Å². The smallest absolute Gasteiger partial charge is 0.0673 e. The maximum atomic E-state index is 4.90. The highest BCUT2D eigenvalue weighted by atomic mass is 16.5. The minimum Gasteiger partial charge on any atom is -0.380 e. The van der Waals surface area contributed by atoms with Crippen LogP contribution >= 0.6 is 0 Å². The Morgan fingerprint density at radius 2 is 2.22 bits per heavy atom. The largest absolute Gasteiger partial charge is 0.380 e. The van der Waals surface area contributed by atoms with Gasteiger partial charge >= 0.3 is 0 Å². The van der Waals surface area contributed by atoms with Crippen LogP contribution in [0.1, 0.15) is 13.8 Å². The molecule has 0 aromatic rings. The van der Waals surface area contributed by atoms with E-state index in [1.807, 2.05) is 32.1 Å². The van der Waals surface area contributed by atoms with Gasteiger partial charge in [0.25, 0.3) is 0 Å². The number of hydrogen-bond acceptors (Lipinski definition) is 1. The lowest BCUT2D eigenvalue weighted by molar-refractivity contribution is 0.226. The average Bonchev–Trinajstić information content (AvgIpc) is 1.85. The Bertz CT molecular complexity index is 112. The van der Waals surface area contributed by atoms with E-state index in [2.05, 4.69) is 0 Å². The van der Waals surface area contributed by atoms with Gasteiger partial charge in [-0.25, -0.2) is 0 Å². The summed E-state index contributed by atoms with van der Waals surface area (Å²) >= 11 is 0. The molecule has 0 amide bonds. The highest BCUT2D eigenvalue weighted by Crippen LogP contribution is 1.91. The Kier molecular flexibility index (Phi) is 5.23. The third-order valence-electron chi connectivity index (χ3n) is 0.945. The molecule has 0 saturated carbocycles. The van der Waals surface area contributed by atoms with Crippen LogP contribution in [0.3, 0.4) is 0 Å². The number of ether oxygens (including phenoxy) is 1. The first-order valence-electron chi connectivity index (χ1n) is 3.08. The Balaban J connectivity index is 3.55. The third kappa shape index (κ3) is 5.31. The molecule has 0 aromatic heterocycles. The highest BCUT2D eigenvalue weighted by molar-refractivity contribution is 5.09. The van der Waals surface area contributed by atoms with Gasteiger partial charge in [0.15, 0.2) is 0 Å². The number of methoxy groups -OCH3 is 1. The molecule has 0 rings (SSSR count). The zero-order chi connectivity index (χ0) is 7.11. The molecule has 52 valence electrons. The molecular formula is C8H14O. The van der Waals surface area contributed by atoms with E-state index < -0.39 is 0 Å². The molecule has 0 unspecified atom stereocenters. The number of allylic oxidation sites excluding steroid dienone is 3. The second-order valence-electron chi connectivity index (χ2n) is 1.97. The summed E-state index contributed by atoms with van der Waals surface area (Å²) in [6.45, 7) is 4.77. The van der Waals surface area contributed by atoms with Crippen molar-refractivity contribution in [3.63, 3.8) is 0 Å². The second kappa shape index (κ2) is 5.57. The van der Waals surface area contributed by atoms with E-state index in [1.165, 1.54) is 5.57 Å². The van der Waals surface area contributed by atoms with Gasteiger partial charge in [-0.3, -0.25) is 0 Å². The lowest BCUT2D eigenvalue weighted by atomic mass is 10.3. The van der Waals surface area contributed by atoms with Crippen molar-refractivity contribution < 1.29 is 4.74 Å². The Hall–Kier alpha value is -0.560. The molecule has 0 aromatic carbocycles. The molecule has 1 nitrogen and oxygen atoms in total. The topological polar surface area (TPSA) is 9.23 Å². The van der Waals surface area contributed by atoms with Crippen molar-refractivity contribution in [2.24, 2.45) is 0 Å². The minimum absolute atomic E-state index is 0.727. The van der Waals surface area contributed by atoms with Crippen molar-refractivity contribution in [1.82, 2.24) is 0 Å². The first-order chi connectivity index (χ1) is 4.31. The summed E-state index contributed by atoms with van der Waals surface area (Å²) in [5.41, 5.74) is 1.25. The van der Waals surface area contributed by atoms with Gasteiger partial charge in [0, 0.05) is 7.11 Å². The predicted molar refractivity (Wildman–Crippen MR) is 40.4 cm³/mol. The van der Waals surface area contributed by atoms with Crippen LogP contribution in [0.15, 0.2) is 23.8 Å². The van der Waals surface area contributed by atoms with Crippen LogP contribution in [0.2, 0.25) is 0 Å². The van der Waals surface area contributed by atoms with Crippen molar-refractivity contribution in [2.45, 2.75) is 13.8 Å². The van der Waals surface area contributed by atoms with Gasteiger partial charge in [-0.15, -0.1) is 0 Å². The van der Waals surface area contributed by atoms with Gasteiger partial charge in [-0.2, -0.15) is 0 Å². The van der Waals surface area contributed by atoms with Crippen molar-refractivity contribution in [3.8, 4) is 0 Å². The Labute approximate surface area is 57.0 Å². The zero-order valence-corrected chi connectivity index (χ0v) is 6.35. The molecule has 0 bridgehead atoms. The molecule has 0 N–H and O–H groups in total. The summed E-state index contributed by atoms with van der Waals surface area (Å²) < 4.78 is 4.90. The summed E-state index contributed by atoms with van der Waals surface area (Å²) in [6.07, 6.45) is 6.05. The minimum atomic E-state index is 0.727. The lowest BCUT2D eigenvalue weighted by Crippen LogP contribution is -1.87. The van der Waals surface area contributed by atoms with Gasteiger partial charge in [0.1, 0.15) is 0 Å². The van der Waals surface area contributed by atoms with E-state index in [9.17, 15) is 0 Å². The molecule has 0 atom stereocenters. The third-order valence-corrected chi connectivity index (χ3v) is 0.945. The van der Waals surface area contributed by atoms with Crippen LogP contribution in [0, 0.1) is 0 Å². The maximum absolute atomic E-state index is 4.90. The van der Waals surface area contributed by atoms with Gasteiger partial charge in [-0.1, -0.05) is 18.2 Å². The van der Waals surface area contributed by atoms with Gasteiger partial charge < -0.3 is 4.74 Å². The highest BCUT2D eigenvalue weighted by Gasteiger charge is 1.81. The molecular weight excluding hydrogens is 112 g/mol. The van der Waals surface area contributed by atoms with E-state index >= 15 is 0 Å². The quantitative estimate of drug-likeness (QED) is 0.526. The second-order valence-corrected chi connectivity index (χ2v) is 1.97. The van der Waals surface area contributed by atoms with Gasteiger partial charge in [-0.05, 0) is 19.4 Å². The summed E-state index contributed by atoms with van der Waals surface area (Å²) in [7, 11) is 1.70. The SMILES string of the molecule is C/C=C\C=C(\C)COC. The molecule has 0 saturated heterocycles. The molecule has 0 fully saturated rings. The normalized spacial score (nSPS) is 13.0. The first kappa shape index (κ1) is 8.44. The van der Waals surface area contributed by atoms with Crippen LogP contribution in [0.25, 0.3) is 0 Å². The molecule has 1 heteroatoms. The van der Waals surface area contributed by atoms with Gasteiger partial charge in [0.2, 0.25) is 0 Å². The van der Waals surface area contributed by atoms with Crippen LogP contribution in [-0.4, -0.2) is 13.7 Å². The fourth-order valence-corrected chi connectivity index (χ4v) is 0.536. The van der Waals surface area contributed by atoms with Crippen LogP contribution in [0.4, 0.5) is 0 Å². The molecule has 0 aliphatic rings. The fourth-order valence-electron chi connectivity index (χ4n) is 0.536. The van der Waals surface area contributed by atoms with Crippen LogP contribution < -0.4 is 0 Å². The standard InChI is InChI=1S/C8H14O/c1-4-5-6-8(2)7-9-3/h4-6H,7H2,1-3H3/b5-4-,8-6-. The van der Waals surface area contributed by atoms with Crippen LogP contribution in [0.5, 0.6) is 0 Å². The average molecular weight is 126 g/mol. The number of hydrogen-bond donors (Lipinski definition) is 0. The Morgan fingerprint density at radius 1 is 1.56 bits per heavy atom. The molecule has 9 heavy (non-hydrogen) atoms. The monoisotopic (exact) mass is 126 g/mol. The fraction of sp³-hybridized carbons (Fsp3) is 0.500. The zero-order valence-electron chi connectivity index (χ0n) is 6.35. The van der Waals surface area contributed by atoms with Crippen molar-refractivity contribution in [3.05, 3.63) is 23.8 Å². The molecule has 0 heterocycles. The van der Waals surface area contributed by atoms with E-state index in [1.54, 1.807) is 7.11 Å². The molecule has 0 aliphatic heterocycles. The molecule has 0 spiro atoms. The Morgan fingerprint density at radius 3 is 2.67 bits per heavy atom. The van der Waals surface area contributed by atoms with Crippen molar-refractivity contribution >= 4 is 0 Å². The summed E-state index contributed by atoms with van der Waals surface area (Å²) in [5.74, 6) is 0. The predicted octanol–water partition coefficient (Wildman–Crippen LogP) is 2.16. The summed E-state index contributed by atoms with van der Waals surface area (Å²) in [5, 5.41) is 0. The van der Waals surface area contributed by atoms with Crippen LogP contribution in [-0.2, 0) is 4.74 Å². The van der Waals surface area contributed by atoms with Gasteiger partial charge in [0.05, 0.1) is 6.61 Å². The summed E-state index contributed by atoms with van der Waals surface area (Å²) in [4.78, 5) is 0. The van der Waals surface area contributed by atoms with E-state index in [0.717, 1.165) is 6.61 Å². The maximum Gasteiger partial charge on any atom is 0.0673 e. The van der Waals surface area contributed by atoms with E-state index in [0.29, 0.717) is 0 Å². The lowest BCUT2D eigenvalue weighted by Gasteiger charge is -1.94. The molecule has 0 radical (unpaired) electrons. The molecule has 0 aliphatic carbocycles.